The van der Waals surface area contributed by atoms with Crippen LogP contribution in [-0.4, -0.2) is 56.3 Å². The molecule has 1 aliphatic heterocycles. The van der Waals surface area contributed by atoms with Crippen LogP contribution in [0.1, 0.15) is 18.9 Å². The third kappa shape index (κ3) is 5.13. The van der Waals surface area contributed by atoms with Crippen LogP contribution in [0, 0.1) is 5.82 Å². The lowest BCUT2D eigenvalue weighted by Gasteiger charge is -2.34. The zero-order valence-corrected chi connectivity index (χ0v) is 17.2. The highest BCUT2D eigenvalue weighted by Gasteiger charge is 2.30. The molecular formula is C21H25FN2O4S. The molecule has 29 heavy (non-hydrogen) atoms. The highest BCUT2D eigenvalue weighted by atomic mass is 32.2. The fraction of sp³-hybridized carbons (Fsp3) is 0.381. The van der Waals surface area contributed by atoms with E-state index >= 15 is 0 Å². The van der Waals surface area contributed by atoms with Crippen molar-refractivity contribution >= 4 is 15.9 Å². The highest BCUT2D eigenvalue weighted by molar-refractivity contribution is 7.89. The first-order chi connectivity index (χ1) is 13.9. The van der Waals surface area contributed by atoms with Gasteiger partial charge in [-0.3, -0.25) is 4.79 Å². The van der Waals surface area contributed by atoms with Crippen LogP contribution in [0.5, 0.6) is 5.75 Å². The van der Waals surface area contributed by atoms with Crippen LogP contribution < -0.4 is 4.74 Å². The molecule has 2 aromatic rings. The third-order valence-corrected chi connectivity index (χ3v) is 6.84. The van der Waals surface area contributed by atoms with Gasteiger partial charge in [-0.15, -0.1) is 0 Å². The monoisotopic (exact) mass is 420 g/mol. The van der Waals surface area contributed by atoms with Crippen molar-refractivity contribution in [2.45, 2.75) is 24.7 Å². The van der Waals surface area contributed by atoms with Gasteiger partial charge in [-0.05, 0) is 49.2 Å². The molecule has 3 rings (SSSR count). The number of carbonyl (C=O) groups excluding carboxylic acids is 1. The van der Waals surface area contributed by atoms with E-state index in [0.717, 1.165) is 0 Å². The van der Waals surface area contributed by atoms with Crippen molar-refractivity contribution < 1.29 is 22.3 Å². The maximum Gasteiger partial charge on any atom is 0.243 e. The molecule has 0 spiro atoms. The summed E-state index contributed by atoms with van der Waals surface area (Å²) in [6, 6.07) is 12.8. The first kappa shape index (κ1) is 21.3. The lowest BCUT2D eigenvalue weighted by atomic mass is 10.1. The molecule has 1 heterocycles. The number of nitrogens with zero attached hydrogens (tertiary/aromatic N) is 2. The second kappa shape index (κ2) is 9.37. The molecule has 0 aromatic heterocycles. The lowest BCUT2D eigenvalue weighted by molar-refractivity contribution is -0.132. The highest BCUT2D eigenvalue weighted by Crippen LogP contribution is 2.21. The van der Waals surface area contributed by atoms with Crippen LogP contribution in [0.4, 0.5) is 4.39 Å². The Kier molecular flexibility index (Phi) is 6.87. The number of ether oxygens (including phenoxy) is 1. The fourth-order valence-electron chi connectivity index (χ4n) is 3.30. The lowest BCUT2D eigenvalue weighted by Crippen LogP contribution is -2.50. The third-order valence-electron chi connectivity index (χ3n) is 4.93. The van der Waals surface area contributed by atoms with E-state index in [4.69, 9.17) is 4.74 Å². The van der Waals surface area contributed by atoms with E-state index in [1.807, 2.05) is 6.92 Å². The van der Waals surface area contributed by atoms with Gasteiger partial charge in [-0.1, -0.05) is 18.2 Å². The van der Waals surface area contributed by atoms with E-state index in [1.54, 1.807) is 35.2 Å². The normalized spacial score (nSPS) is 15.3. The molecule has 1 amide bonds. The van der Waals surface area contributed by atoms with Crippen molar-refractivity contribution in [1.82, 2.24) is 9.21 Å². The molecule has 0 saturated carbocycles. The molecule has 8 heteroatoms. The predicted octanol–water partition coefficient (Wildman–Crippen LogP) is 2.69. The molecule has 2 aromatic carbocycles. The number of hydrogen-bond acceptors (Lipinski definition) is 4. The summed E-state index contributed by atoms with van der Waals surface area (Å²) in [4.78, 5) is 14.3. The number of halogens is 1. The van der Waals surface area contributed by atoms with Gasteiger partial charge in [0.05, 0.1) is 11.5 Å². The molecule has 0 unspecified atom stereocenters. The van der Waals surface area contributed by atoms with Crippen LogP contribution in [-0.2, 0) is 21.2 Å². The van der Waals surface area contributed by atoms with Gasteiger partial charge in [0.25, 0.3) is 0 Å². The quantitative estimate of drug-likeness (QED) is 0.691. The SMILES string of the molecule is CCOc1ccc(S(=O)(=O)N2CCN(C(=O)CCc3ccccc3F)CC2)cc1. The van der Waals surface area contributed by atoms with Crippen molar-refractivity contribution in [3.8, 4) is 5.75 Å². The van der Waals surface area contributed by atoms with Gasteiger partial charge in [0.1, 0.15) is 11.6 Å². The number of sulfonamides is 1. The van der Waals surface area contributed by atoms with Gasteiger partial charge in [-0.25, -0.2) is 12.8 Å². The smallest absolute Gasteiger partial charge is 0.243 e. The van der Waals surface area contributed by atoms with E-state index < -0.39 is 10.0 Å². The summed E-state index contributed by atoms with van der Waals surface area (Å²) in [5.74, 6) is 0.217. The summed E-state index contributed by atoms with van der Waals surface area (Å²) in [5, 5.41) is 0. The Morgan fingerprint density at radius 2 is 1.69 bits per heavy atom. The molecule has 0 atom stereocenters. The summed E-state index contributed by atoms with van der Waals surface area (Å²) < 4.78 is 46.1. The minimum atomic E-state index is -3.61. The molecular weight excluding hydrogens is 395 g/mol. The Labute approximate surface area is 170 Å². The maximum atomic E-state index is 13.7. The molecule has 6 nitrogen and oxygen atoms in total. The van der Waals surface area contributed by atoms with Crippen molar-refractivity contribution in [1.29, 1.82) is 0 Å². The van der Waals surface area contributed by atoms with Crippen LogP contribution in [0.2, 0.25) is 0 Å². The van der Waals surface area contributed by atoms with Gasteiger partial charge in [0.2, 0.25) is 15.9 Å². The van der Waals surface area contributed by atoms with Crippen molar-refractivity contribution in [2.24, 2.45) is 0 Å². The Balaban J connectivity index is 1.55. The van der Waals surface area contributed by atoms with Gasteiger partial charge < -0.3 is 9.64 Å². The van der Waals surface area contributed by atoms with Crippen LogP contribution in [0.15, 0.2) is 53.4 Å². The van der Waals surface area contributed by atoms with E-state index in [0.29, 0.717) is 37.4 Å². The first-order valence-electron chi connectivity index (χ1n) is 9.66. The van der Waals surface area contributed by atoms with Crippen molar-refractivity contribution in [3.05, 3.63) is 59.9 Å². The Bertz CT molecular complexity index is 939. The molecule has 0 radical (unpaired) electrons. The van der Waals surface area contributed by atoms with Gasteiger partial charge >= 0.3 is 0 Å². The number of benzene rings is 2. The molecule has 0 aliphatic carbocycles. The minimum Gasteiger partial charge on any atom is -0.494 e. The molecule has 1 saturated heterocycles. The van der Waals surface area contributed by atoms with Gasteiger partial charge in [0.15, 0.2) is 0 Å². The fourth-order valence-corrected chi connectivity index (χ4v) is 4.72. The van der Waals surface area contributed by atoms with E-state index in [1.165, 1.54) is 22.5 Å². The second-order valence-corrected chi connectivity index (χ2v) is 8.72. The number of carbonyl (C=O) groups is 1. The molecule has 1 fully saturated rings. The second-order valence-electron chi connectivity index (χ2n) is 6.78. The van der Waals surface area contributed by atoms with Crippen molar-refractivity contribution in [3.63, 3.8) is 0 Å². The first-order valence-corrected chi connectivity index (χ1v) is 11.1. The zero-order chi connectivity index (χ0) is 20.9. The molecule has 0 N–H and O–H groups in total. The van der Waals surface area contributed by atoms with Crippen LogP contribution in [0.25, 0.3) is 0 Å². The minimum absolute atomic E-state index is 0.0913. The number of piperazine rings is 1. The van der Waals surface area contributed by atoms with E-state index in [2.05, 4.69) is 0 Å². The molecule has 0 bridgehead atoms. The average molecular weight is 421 g/mol. The van der Waals surface area contributed by atoms with E-state index in [9.17, 15) is 17.6 Å². The summed E-state index contributed by atoms with van der Waals surface area (Å²) in [6.45, 7) is 3.50. The zero-order valence-electron chi connectivity index (χ0n) is 16.4. The summed E-state index contributed by atoms with van der Waals surface area (Å²) in [6.07, 6.45) is 0.531. The van der Waals surface area contributed by atoms with Crippen LogP contribution in [0.3, 0.4) is 0 Å². The number of aryl methyl sites for hydroxylation is 1. The van der Waals surface area contributed by atoms with E-state index in [-0.39, 0.29) is 36.1 Å². The summed E-state index contributed by atoms with van der Waals surface area (Å²) in [7, 11) is -3.61. The van der Waals surface area contributed by atoms with Gasteiger partial charge in [-0.2, -0.15) is 4.31 Å². The molecule has 156 valence electrons. The standard InChI is InChI=1S/C21H25FN2O4S/c1-2-28-18-8-10-19(11-9-18)29(26,27)24-15-13-23(14-16-24)21(25)12-7-17-5-3-4-6-20(17)22/h3-6,8-11H,2,7,12-16H2,1H3. The number of amides is 1. The topological polar surface area (TPSA) is 66.9 Å². The Morgan fingerprint density at radius 3 is 2.31 bits per heavy atom. The van der Waals surface area contributed by atoms with Crippen LogP contribution >= 0.6 is 0 Å². The summed E-state index contributed by atoms with van der Waals surface area (Å²) >= 11 is 0. The largest absolute Gasteiger partial charge is 0.494 e. The Morgan fingerprint density at radius 1 is 1.03 bits per heavy atom. The molecule has 1 aliphatic rings. The number of rotatable bonds is 7. The van der Waals surface area contributed by atoms with Crippen molar-refractivity contribution in [2.75, 3.05) is 32.8 Å². The maximum absolute atomic E-state index is 13.7. The average Bonchev–Trinajstić information content (AvgIpc) is 2.74. The summed E-state index contributed by atoms with van der Waals surface area (Å²) in [5.41, 5.74) is 0.512. The van der Waals surface area contributed by atoms with Gasteiger partial charge in [0, 0.05) is 32.6 Å². The number of hydrogen-bond donors (Lipinski definition) is 0. The predicted molar refractivity (Wildman–Crippen MR) is 108 cm³/mol. The Hall–Kier alpha value is -2.45.